The van der Waals surface area contributed by atoms with Gasteiger partial charge in [0.1, 0.15) is 5.75 Å². The number of methoxy groups -OCH3 is 1. The Morgan fingerprint density at radius 1 is 1.50 bits per heavy atom. The number of nitrogens with one attached hydrogen (secondary N) is 1. The molecule has 1 aromatic rings. The molecule has 0 aliphatic carbocycles. The van der Waals surface area contributed by atoms with Crippen LogP contribution < -0.4 is 15.2 Å². The number of rotatable bonds is 5. The lowest BCUT2D eigenvalue weighted by atomic mass is 10.3. The first kappa shape index (κ1) is 13.3. The Morgan fingerprint density at radius 3 is 2.75 bits per heavy atom. The minimum atomic E-state index is -3.42. The fraction of sp³-hybridized carbons (Fsp3) is 0.333. The van der Waals surface area contributed by atoms with Gasteiger partial charge in [0.25, 0.3) is 0 Å². The van der Waals surface area contributed by atoms with Crippen LogP contribution in [0, 0.1) is 0 Å². The first-order chi connectivity index (χ1) is 7.42. The third-order valence-corrected chi connectivity index (χ3v) is 3.30. The van der Waals surface area contributed by atoms with Gasteiger partial charge >= 0.3 is 0 Å². The van der Waals surface area contributed by atoms with Crippen LogP contribution in [-0.2, 0) is 10.0 Å². The summed E-state index contributed by atoms with van der Waals surface area (Å²) in [6.45, 7) is 0.267. The average molecular weight is 309 g/mol. The number of nitrogens with two attached hydrogens (primary N) is 1. The van der Waals surface area contributed by atoms with Crippen molar-refractivity contribution < 1.29 is 13.2 Å². The Hall–Kier alpha value is -0.790. The second-order valence-electron chi connectivity index (χ2n) is 3.14. The van der Waals surface area contributed by atoms with E-state index in [4.69, 9.17) is 9.88 Å². The number of hydrogen-bond acceptors (Lipinski definition) is 4. The zero-order valence-electron chi connectivity index (χ0n) is 8.73. The van der Waals surface area contributed by atoms with Gasteiger partial charge in [0.2, 0.25) is 10.0 Å². The highest BCUT2D eigenvalue weighted by molar-refractivity contribution is 9.10. The molecule has 1 rings (SSSR count). The molecule has 0 heterocycles. The van der Waals surface area contributed by atoms with Crippen LogP contribution in [0.25, 0.3) is 0 Å². The summed E-state index contributed by atoms with van der Waals surface area (Å²) in [5, 5.41) is 7.82. The predicted molar refractivity (Wildman–Crippen MR) is 67.2 cm³/mol. The highest BCUT2D eigenvalue weighted by Gasteiger charge is 2.04. The van der Waals surface area contributed by atoms with Crippen molar-refractivity contribution in [1.29, 1.82) is 0 Å². The number of sulfonamides is 1. The van der Waals surface area contributed by atoms with Gasteiger partial charge in [-0.2, -0.15) is 0 Å². The molecule has 0 radical (unpaired) electrons. The fourth-order valence-electron chi connectivity index (χ4n) is 1.11. The number of ether oxygens (including phenoxy) is 1. The Kier molecular flexibility index (Phi) is 4.57. The highest BCUT2D eigenvalue weighted by atomic mass is 79.9. The first-order valence-electron chi connectivity index (χ1n) is 4.50. The molecular weight excluding hydrogens is 296 g/mol. The number of primary sulfonamides is 1. The quantitative estimate of drug-likeness (QED) is 0.855. The Balaban J connectivity index is 2.61. The van der Waals surface area contributed by atoms with Crippen LogP contribution in [-0.4, -0.2) is 27.8 Å². The van der Waals surface area contributed by atoms with E-state index < -0.39 is 10.0 Å². The molecule has 90 valence electrons. The van der Waals surface area contributed by atoms with Gasteiger partial charge in [0.05, 0.1) is 17.3 Å². The summed E-state index contributed by atoms with van der Waals surface area (Å²) in [7, 11) is -1.86. The molecule has 3 N–H and O–H groups in total. The van der Waals surface area contributed by atoms with Crippen molar-refractivity contribution in [2.45, 2.75) is 0 Å². The molecule has 0 saturated heterocycles. The van der Waals surface area contributed by atoms with Crippen LogP contribution in [0.15, 0.2) is 22.7 Å². The molecule has 0 aliphatic rings. The summed E-state index contributed by atoms with van der Waals surface area (Å²) >= 11 is 3.32. The van der Waals surface area contributed by atoms with Gasteiger partial charge in [0, 0.05) is 18.3 Å². The molecule has 0 aromatic heterocycles. The van der Waals surface area contributed by atoms with E-state index in [9.17, 15) is 8.42 Å². The van der Waals surface area contributed by atoms with Crippen LogP contribution in [0.1, 0.15) is 0 Å². The largest absolute Gasteiger partial charge is 0.495 e. The standard InChI is InChI=1S/C9H13BrN2O3S/c1-15-9-6-7(2-3-8(9)10)12-4-5-16(11,13)14/h2-3,6,12H,4-5H2,1H3,(H2,11,13,14). The van der Waals surface area contributed by atoms with E-state index in [0.717, 1.165) is 10.2 Å². The van der Waals surface area contributed by atoms with Crippen molar-refractivity contribution in [3.63, 3.8) is 0 Å². The fourth-order valence-corrected chi connectivity index (χ4v) is 1.90. The maximum atomic E-state index is 10.7. The molecule has 16 heavy (non-hydrogen) atoms. The van der Waals surface area contributed by atoms with Crippen molar-refractivity contribution in [3.8, 4) is 5.75 Å². The van der Waals surface area contributed by atoms with Crippen molar-refractivity contribution in [3.05, 3.63) is 22.7 Å². The summed E-state index contributed by atoms with van der Waals surface area (Å²) in [4.78, 5) is 0. The number of hydrogen-bond donors (Lipinski definition) is 2. The van der Waals surface area contributed by atoms with Crippen molar-refractivity contribution >= 4 is 31.6 Å². The molecule has 0 amide bonds. The third-order valence-electron chi connectivity index (χ3n) is 1.87. The molecule has 0 aliphatic heterocycles. The second-order valence-corrected chi connectivity index (χ2v) is 5.73. The van der Waals surface area contributed by atoms with Gasteiger partial charge in [-0.1, -0.05) is 0 Å². The normalized spacial score (nSPS) is 11.2. The molecular formula is C9H13BrN2O3S. The minimum Gasteiger partial charge on any atom is -0.495 e. The molecule has 1 aromatic carbocycles. The Bertz CT molecular complexity index is 462. The summed E-state index contributed by atoms with van der Waals surface area (Å²) in [5.74, 6) is 0.575. The van der Waals surface area contributed by atoms with Gasteiger partial charge in [-0.05, 0) is 28.1 Å². The highest BCUT2D eigenvalue weighted by Crippen LogP contribution is 2.27. The maximum Gasteiger partial charge on any atom is 0.210 e. The van der Waals surface area contributed by atoms with E-state index >= 15 is 0 Å². The summed E-state index contributed by atoms with van der Waals surface area (Å²) < 4.78 is 27.4. The zero-order valence-corrected chi connectivity index (χ0v) is 11.1. The van der Waals surface area contributed by atoms with Gasteiger partial charge in [0.15, 0.2) is 0 Å². The maximum absolute atomic E-state index is 10.7. The van der Waals surface area contributed by atoms with Gasteiger partial charge < -0.3 is 10.1 Å². The number of benzene rings is 1. The van der Waals surface area contributed by atoms with E-state index in [0.29, 0.717) is 5.75 Å². The number of anilines is 1. The summed E-state index contributed by atoms with van der Waals surface area (Å²) in [5.41, 5.74) is 0.781. The topological polar surface area (TPSA) is 81.4 Å². The van der Waals surface area contributed by atoms with Crippen molar-refractivity contribution in [2.75, 3.05) is 24.7 Å². The molecule has 7 heteroatoms. The van der Waals surface area contributed by atoms with E-state index in [2.05, 4.69) is 21.2 Å². The van der Waals surface area contributed by atoms with Crippen molar-refractivity contribution in [1.82, 2.24) is 0 Å². The van der Waals surface area contributed by atoms with Crippen LogP contribution in [0.2, 0.25) is 0 Å². The Labute approximate surface area is 103 Å². The predicted octanol–water partition coefficient (Wildman–Crippen LogP) is 1.16. The molecule has 0 bridgehead atoms. The SMILES string of the molecule is COc1cc(NCCS(N)(=O)=O)ccc1Br. The van der Waals surface area contributed by atoms with Gasteiger partial charge in [-0.3, -0.25) is 0 Å². The van der Waals surface area contributed by atoms with Crippen LogP contribution in [0.5, 0.6) is 5.75 Å². The number of halogens is 1. The minimum absolute atomic E-state index is 0.106. The van der Waals surface area contributed by atoms with Gasteiger partial charge in [-0.25, -0.2) is 13.6 Å². The smallest absolute Gasteiger partial charge is 0.210 e. The molecule has 0 unspecified atom stereocenters. The average Bonchev–Trinajstić information content (AvgIpc) is 2.18. The van der Waals surface area contributed by atoms with E-state index in [1.54, 1.807) is 13.2 Å². The molecule has 5 nitrogen and oxygen atoms in total. The van der Waals surface area contributed by atoms with E-state index in [1.165, 1.54) is 0 Å². The summed E-state index contributed by atoms with van der Waals surface area (Å²) in [6.07, 6.45) is 0. The lowest BCUT2D eigenvalue weighted by Gasteiger charge is -2.08. The van der Waals surface area contributed by atoms with Crippen LogP contribution in [0.3, 0.4) is 0 Å². The molecule has 0 fully saturated rings. The van der Waals surface area contributed by atoms with Crippen LogP contribution >= 0.6 is 15.9 Å². The van der Waals surface area contributed by atoms with E-state index in [-0.39, 0.29) is 12.3 Å². The molecule has 0 atom stereocenters. The molecule has 0 saturated carbocycles. The zero-order chi connectivity index (χ0) is 12.2. The first-order valence-corrected chi connectivity index (χ1v) is 7.01. The van der Waals surface area contributed by atoms with E-state index in [1.807, 2.05) is 12.1 Å². The van der Waals surface area contributed by atoms with Gasteiger partial charge in [-0.15, -0.1) is 0 Å². The molecule has 0 spiro atoms. The third kappa shape index (κ3) is 4.38. The van der Waals surface area contributed by atoms with Crippen LogP contribution in [0.4, 0.5) is 5.69 Å². The summed E-state index contributed by atoms with van der Waals surface area (Å²) in [6, 6.07) is 5.40. The lowest BCUT2D eigenvalue weighted by molar-refractivity contribution is 0.412. The lowest BCUT2D eigenvalue weighted by Crippen LogP contribution is -2.22. The monoisotopic (exact) mass is 308 g/mol. The second kappa shape index (κ2) is 5.51. The van der Waals surface area contributed by atoms with Crippen molar-refractivity contribution in [2.24, 2.45) is 5.14 Å². The Morgan fingerprint density at radius 2 is 2.19 bits per heavy atom.